The number of carbonyl (C=O) groups excluding carboxylic acids is 1. The van der Waals surface area contributed by atoms with Crippen molar-refractivity contribution in [1.82, 2.24) is 5.48 Å². The number of nitrogens with one attached hydrogen (secondary N) is 1. The summed E-state index contributed by atoms with van der Waals surface area (Å²) in [5.41, 5.74) is 1.47. The maximum atomic E-state index is 11.2. The Balaban J connectivity index is 3.37. The highest BCUT2D eigenvalue weighted by Crippen LogP contribution is 2.33. The first-order valence-electron chi connectivity index (χ1n) is 3.58. The first-order chi connectivity index (χ1) is 6.61. The van der Waals surface area contributed by atoms with Gasteiger partial charge in [-0.1, -0.05) is 23.2 Å². The van der Waals surface area contributed by atoms with Crippen molar-refractivity contribution in [3.05, 3.63) is 27.7 Å². The number of halogens is 2. The van der Waals surface area contributed by atoms with E-state index in [1.807, 2.05) is 0 Å². The molecule has 4 nitrogen and oxygen atoms in total. The van der Waals surface area contributed by atoms with E-state index in [2.05, 4.69) is 0 Å². The summed E-state index contributed by atoms with van der Waals surface area (Å²) in [4.78, 5) is 11.2. The minimum absolute atomic E-state index is 0.00386. The van der Waals surface area contributed by atoms with Gasteiger partial charge < -0.3 is 4.74 Å². The van der Waals surface area contributed by atoms with E-state index in [0.717, 1.165) is 0 Å². The van der Waals surface area contributed by atoms with Crippen LogP contribution in [0.25, 0.3) is 0 Å². The zero-order chi connectivity index (χ0) is 10.7. The number of amides is 1. The zero-order valence-corrected chi connectivity index (χ0v) is 8.69. The molecule has 0 aromatic heterocycles. The van der Waals surface area contributed by atoms with Crippen LogP contribution in [0.4, 0.5) is 0 Å². The van der Waals surface area contributed by atoms with Gasteiger partial charge in [0.05, 0.1) is 17.2 Å². The fourth-order valence-corrected chi connectivity index (χ4v) is 1.47. The van der Waals surface area contributed by atoms with Gasteiger partial charge >= 0.3 is 0 Å². The number of hydrogen-bond donors (Lipinski definition) is 2. The molecule has 14 heavy (non-hydrogen) atoms. The first-order valence-corrected chi connectivity index (χ1v) is 4.33. The third kappa shape index (κ3) is 1.92. The molecule has 0 aliphatic rings. The average Bonchev–Trinajstić information content (AvgIpc) is 2.19. The monoisotopic (exact) mass is 235 g/mol. The lowest BCUT2D eigenvalue weighted by atomic mass is 10.2. The van der Waals surface area contributed by atoms with Crippen molar-refractivity contribution in [3.63, 3.8) is 0 Å². The van der Waals surface area contributed by atoms with Crippen LogP contribution in [0.3, 0.4) is 0 Å². The Morgan fingerprint density at radius 1 is 1.43 bits per heavy atom. The molecule has 0 spiro atoms. The SMILES string of the molecule is COc1c(Cl)ccc(Cl)c1C(=O)NO. The number of hydroxylamine groups is 1. The van der Waals surface area contributed by atoms with Crippen LogP contribution >= 0.6 is 23.2 Å². The van der Waals surface area contributed by atoms with Gasteiger partial charge in [-0.25, -0.2) is 5.48 Å². The van der Waals surface area contributed by atoms with E-state index in [0.29, 0.717) is 0 Å². The summed E-state index contributed by atoms with van der Waals surface area (Å²) >= 11 is 11.5. The predicted molar refractivity (Wildman–Crippen MR) is 52.3 cm³/mol. The van der Waals surface area contributed by atoms with Crippen molar-refractivity contribution in [2.24, 2.45) is 0 Å². The van der Waals surface area contributed by atoms with Crippen molar-refractivity contribution in [3.8, 4) is 5.75 Å². The predicted octanol–water partition coefficient (Wildman–Crippen LogP) is 2.12. The fraction of sp³-hybridized carbons (Fsp3) is 0.125. The number of carbonyl (C=O) groups is 1. The summed E-state index contributed by atoms with van der Waals surface area (Å²) < 4.78 is 4.89. The van der Waals surface area contributed by atoms with Crippen molar-refractivity contribution >= 4 is 29.1 Å². The molecule has 2 N–H and O–H groups in total. The number of methoxy groups -OCH3 is 1. The Morgan fingerprint density at radius 2 is 2.00 bits per heavy atom. The Labute approximate surface area is 90.3 Å². The molecular weight excluding hydrogens is 229 g/mol. The molecule has 1 amide bonds. The van der Waals surface area contributed by atoms with Crippen LogP contribution < -0.4 is 10.2 Å². The van der Waals surface area contributed by atoms with E-state index < -0.39 is 5.91 Å². The van der Waals surface area contributed by atoms with Gasteiger partial charge in [0.15, 0.2) is 5.75 Å². The Kier molecular flexibility index (Phi) is 3.57. The van der Waals surface area contributed by atoms with E-state index in [-0.39, 0.29) is 21.4 Å². The molecule has 0 aliphatic heterocycles. The number of ether oxygens (including phenoxy) is 1. The smallest absolute Gasteiger partial charge is 0.279 e. The van der Waals surface area contributed by atoms with Crippen molar-refractivity contribution < 1.29 is 14.7 Å². The number of benzene rings is 1. The Hall–Kier alpha value is -0.970. The van der Waals surface area contributed by atoms with Crippen LogP contribution in [-0.4, -0.2) is 18.2 Å². The molecule has 0 aliphatic carbocycles. The molecular formula is C8H7Cl2NO3. The summed E-state index contributed by atoms with van der Waals surface area (Å²) in [7, 11) is 1.35. The molecule has 1 aromatic rings. The summed E-state index contributed by atoms with van der Waals surface area (Å²) in [5, 5.41) is 8.86. The average molecular weight is 236 g/mol. The molecule has 0 radical (unpaired) electrons. The van der Waals surface area contributed by atoms with Crippen molar-refractivity contribution in [2.75, 3.05) is 7.11 Å². The standard InChI is InChI=1S/C8H7Cl2NO3/c1-14-7-5(10)3-2-4(9)6(7)8(12)11-13/h2-3,13H,1H3,(H,11,12). The lowest BCUT2D eigenvalue weighted by molar-refractivity contribution is 0.0703. The minimum Gasteiger partial charge on any atom is -0.494 e. The van der Waals surface area contributed by atoms with Gasteiger partial charge in [-0.3, -0.25) is 10.0 Å². The van der Waals surface area contributed by atoms with E-state index in [9.17, 15) is 4.79 Å². The third-order valence-corrected chi connectivity index (χ3v) is 2.20. The maximum Gasteiger partial charge on any atom is 0.279 e. The topological polar surface area (TPSA) is 58.6 Å². The van der Waals surface area contributed by atoms with Crippen molar-refractivity contribution in [2.45, 2.75) is 0 Å². The van der Waals surface area contributed by atoms with Crippen LogP contribution in [0.1, 0.15) is 10.4 Å². The van der Waals surface area contributed by atoms with Gasteiger partial charge in [-0.2, -0.15) is 0 Å². The largest absolute Gasteiger partial charge is 0.494 e. The quantitative estimate of drug-likeness (QED) is 0.610. The van der Waals surface area contributed by atoms with Gasteiger partial charge in [-0.15, -0.1) is 0 Å². The second-order valence-electron chi connectivity index (χ2n) is 2.38. The third-order valence-electron chi connectivity index (χ3n) is 1.59. The second-order valence-corrected chi connectivity index (χ2v) is 3.19. The van der Waals surface area contributed by atoms with E-state index in [4.69, 9.17) is 33.1 Å². The highest BCUT2D eigenvalue weighted by molar-refractivity contribution is 6.37. The minimum atomic E-state index is -0.769. The second kappa shape index (κ2) is 4.50. The molecule has 0 atom stereocenters. The van der Waals surface area contributed by atoms with Gasteiger partial charge in [0.25, 0.3) is 5.91 Å². The summed E-state index contributed by atoms with van der Waals surface area (Å²) in [6.07, 6.45) is 0. The molecule has 0 fully saturated rings. The summed E-state index contributed by atoms with van der Waals surface area (Å²) in [6, 6.07) is 2.94. The lowest BCUT2D eigenvalue weighted by Gasteiger charge is -2.09. The number of hydrogen-bond acceptors (Lipinski definition) is 3. The van der Waals surface area contributed by atoms with Crippen LogP contribution in [0.15, 0.2) is 12.1 Å². The molecule has 76 valence electrons. The molecule has 0 saturated carbocycles. The number of rotatable bonds is 2. The first kappa shape index (κ1) is 11.1. The maximum absolute atomic E-state index is 11.2. The Bertz CT molecular complexity index is 368. The molecule has 1 aromatic carbocycles. The normalized spacial score (nSPS) is 9.71. The van der Waals surface area contributed by atoms with Gasteiger partial charge in [-0.05, 0) is 12.1 Å². The van der Waals surface area contributed by atoms with E-state index in [1.54, 1.807) is 0 Å². The highest BCUT2D eigenvalue weighted by atomic mass is 35.5. The summed E-state index contributed by atoms with van der Waals surface area (Å²) in [5.74, 6) is -0.639. The van der Waals surface area contributed by atoms with Crippen LogP contribution in [0.5, 0.6) is 5.75 Å². The van der Waals surface area contributed by atoms with Gasteiger partial charge in [0.1, 0.15) is 5.56 Å². The molecule has 1 rings (SSSR count). The molecule has 0 unspecified atom stereocenters. The zero-order valence-electron chi connectivity index (χ0n) is 7.17. The summed E-state index contributed by atoms with van der Waals surface area (Å²) in [6.45, 7) is 0. The van der Waals surface area contributed by atoms with Crippen LogP contribution in [0, 0.1) is 0 Å². The molecule has 6 heteroatoms. The van der Waals surface area contributed by atoms with E-state index >= 15 is 0 Å². The molecule has 0 saturated heterocycles. The van der Waals surface area contributed by atoms with Crippen LogP contribution in [-0.2, 0) is 0 Å². The highest BCUT2D eigenvalue weighted by Gasteiger charge is 2.18. The van der Waals surface area contributed by atoms with Crippen molar-refractivity contribution in [1.29, 1.82) is 0 Å². The lowest BCUT2D eigenvalue weighted by Crippen LogP contribution is -2.20. The molecule has 0 heterocycles. The van der Waals surface area contributed by atoms with Crippen LogP contribution in [0.2, 0.25) is 10.0 Å². The van der Waals surface area contributed by atoms with Gasteiger partial charge in [0, 0.05) is 0 Å². The van der Waals surface area contributed by atoms with E-state index in [1.165, 1.54) is 24.7 Å². The Morgan fingerprint density at radius 3 is 2.50 bits per heavy atom. The fourth-order valence-electron chi connectivity index (χ4n) is 1.00. The molecule has 0 bridgehead atoms. The van der Waals surface area contributed by atoms with Gasteiger partial charge in [0.2, 0.25) is 0 Å².